The summed E-state index contributed by atoms with van der Waals surface area (Å²) in [5.74, 6) is -0.684. The van der Waals surface area contributed by atoms with Crippen molar-refractivity contribution in [1.82, 2.24) is 5.32 Å². The summed E-state index contributed by atoms with van der Waals surface area (Å²) in [6.07, 6.45) is 2.96. The Hall–Kier alpha value is -1.13. The van der Waals surface area contributed by atoms with Crippen LogP contribution in [0.25, 0.3) is 0 Å². The summed E-state index contributed by atoms with van der Waals surface area (Å²) in [5, 5.41) is 3.20. The summed E-state index contributed by atoms with van der Waals surface area (Å²) in [6, 6.07) is 4.01. The molecule has 2 unspecified atom stereocenters. The van der Waals surface area contributed by atoms with Crippen LogP contribution in [0, 0.1) is 11.7 Å². The van der Waals surface area contributed by atoms with Gasteiger partial charge in [0.2, 0.25) is 0 Å². The number of hydrogen-bond acceptors (Lipinski definition) is 2. The molecular formula is C13H16ClFN2O. The van der Waals surface area contributed by atoms with E-state index in [1.807, 2.05) is 0 Å². The van der Waals surface area contributed by atoms with Crippen molar-refractivity contribution in [2.75, 3.05) is 6.54 Å². The van der Waals surface area contributed by atoms with Gasteiger partial charge in [0.15, 0.2) is 0 Å². The van der Waals surface area contributed by atoms with Gasteiger partial charge in [-0.2, -0.15) is 0 Å². The highest BCUT2D eigenvalue weighted by Crippen LogP contribution is 2.25. The number of carbonyl (C=O) groups is 1. The van der Waals surface area contributed by atoms with E-state index in [2.05, 4.69) is 5.32 Å². The Labute approximate surface area is 111 Å². The normalized spacial score (nSPS) is 23.1. The summed E-state index contributed by atoms with van der Waals surface area (Å²) in [6.45, 7) is 0.545. The maximum atomic E-state index is 13.5. The molecule has 1 amide bonds. The van der Waals surface area contributed by atoms with Crippen LogP contribution in [0.3, 0.4) is 0 Å². The van der Waals surface area contributed by atoms with Crippen molar-refractivity contribution in [1.29, 1.82) is 0 Å². The van der Waals surface area contributed by atoms with Gasteiger partial charge < -0.3 is 11.1 Å². The standard InChI is InChI=1S/C13H16ClFN2O/c14-9-4-5-11(15)10(6-9)13(18)17-12-3-1-2-8(12)7-16/h4-6,8,12H,1-3,7,16H2,(H,17,18). The van der Waals surface area contributed by atoms with Crippen LogP contribution in [0.5, 0.6) is 0 Å². The SMILES string of the molecule is NCC1CCCC1NC(=O)c1cc(Cl)ccc1F. The van der Waals surface area contributed by atoms with Gasteiger partial charge in [-0.1, -0.05) is 18.0 Å². The van der Waals surface area contributed by atoms with Gasteiger partial charge in [0.1, 0.15) is 5.82 Å². The lowest BCUT2D eigenvalue weighted by atomic mass is 10.0. The van der Waals surface area contributed by atoms with Crippen LogP contribution in [0.1, 0.15) is 29.6 Å². The number of benzene rings is 1. The Morgan fingerprint density at radius 2 is 2.28 bits per heavy atom. The Morgan fingerprint density at radius 1 is 1.50 bits per heavy atom. The second-order valence-electron chi connectivity index (χ2n) is 4.63. The molecule has 18 heavy (non-hydrogen) atoms. The Balaban J connectivity index is 2.09. The smallest absolute Gasteiger partial charge is 0.254 e. The van der Waals surface area contributed by atoms with Gasteiger partial charge in [-0.05, 0) is 43.5 Å². The molecule has 1 saturated carbocycles. The van der Waals surface area contributed by atoms with Crippen molar-refractivity contribution < 1.29 is 9.18 Å². The minimum atomic E-state index is -0.556. The van der Waals surface area contributed by atoms with Crippen molar-refractivity contribution in [3.63, 3.8) is 0 Å². The molecular weight excluding hydrogens is 255 g/mol. The zero-order chi connectivity index (χ0) is 13.1. The second-order valence-corrected chi connectivity index (χ2v) is 5.07. The van der Waals surface area contributed by atoms with Gasteiger partial charge in [-0.25, -0.2) is 4.39 Å². The van der Waals surface area contributed by atoms with E-state index in [0.717, 1.165) is 19.3 Å². The van der Waals surface area contributed by atoms with Gasteiger partial charge in [-0.15, -0.1) is 0 Å². The molecule has 0 bridgehead atoms. The zero-order valence-corrected chi connectivity index (χ0v) is 10.7. The van der Waals surface area contributed by atoms with Gasteiger partial charge in [0.25, 0.3) is 5.91 Å². The lowest BCUT2D eigenvalue weighted by Gasteiger charge is -2.19. The molecule has 2 rings (SSSR count). The fourth-order valence-electron chi connectivity index (χ4n) is 2.43. The maximum absolute atomic E-state index is 13.5. The summed E-state index contributed by atoms with van der Waals surface area (Å²) < 4.78 is 13.5. The Morgan fingerprint density at radius 3 is 3.00 bits per heavy atom. The van der Waals surface area contributed by atoms with Crippen LogP contribution in [0.2, 0.25) is 5.02 Å². The Bertz CT molecular complexity index is 453. The van der Waals surface area contributed by atoms with Crippen molar-refractivity contribution in [3.05, 3.63) is 34.6 Å². The number of hydrogen-bond donors (Lipinski definition) is 2. The zero-order valence-electron chi connectivity index (χ0n) is 9.96. The second kappa shape index (κ2) is 5.67. The highest BCUT2D eigenvalue weighted by atomic mass is 35.5. The number of amides is 1. The first-order valence-corrected chi connectivity index (χ1v) is 6.45. The topological polar surface area (TPSA) is 55.1 Å². The first-order chi connectivity index (χ1) is 8.61. The van der Waals surface area contributed by atoms with Crippen molar-refractivity contribution in [3.8, 4) is 0 Å². The molecule has 0 saturated heterocycles. The van der Waals surface area contributed by atoms with E-state index in [4.69, 9.17) is 17.3 Å². The molecule has 1 aliphatic rings. The minimum Gasteiger partial charge on any atom is -0.349 e. The van der Waals surface area contributed by atoms with E-state index in [-0.39, 0.29) is 17.5 Å². The number of nitrogens with one attached hydrogen (secondary N) is 1. The van der Waals surface area contributed by atoms with Crippen LogP contribution in [0.15, 0.2) is 18.2 Å². The third-order valence-electron chi connectivity index (χ3n) is 3.45. The summed E-state index contributed by atoms with van der Waals surface area (Å²) in [4.78, 5) is 12.0. The quantitative estimate of drug-likeness (QED) is 0.886. The number of halogens is 2. The molecule has 0 aromatic heterocycles. The van der Waals surface area contributed by atoms with Gasteiger partial charge >= 0.3 is 0 Å². The number of carbonyl (C=O) groups excluding carboxylic acids is 1. The third-order valence-corrected chi connectivity index (χ3v) is 3.69. The van der Waals surface area contributed by atoms with E-state index in [9.17, 15) is 9.18 Å². The number of nitrogens with two attached hydrogens (primary N) is 1. The summed E-state index contributed by atoms with van der Waals surface area (Å²) in [5.41, 5.74) is 5.64. The highest BCUT2D eigenvalue weighted by molar-refractivity contribution is 6.31. The monoisotopic (exact) mass is 270 g/mol. The average molecular weight is 271 g/mol. The predicted octanol–water partition coefficient (Wildman–Crippen LogP) is 2.34. The van der Waals surface area contributed by atoms with Gasteiger partial charge in [0, 0.05) is 11.1 Å². The van der Waals surface area contributed by atoms with Crippen molar-refractivity contribution >= 4 is 17.5 Å². The highest BCUT2D eigenvalue weighted by Gasteiger charge is 2.28. The molecule has 0 heterocycles. The van der Waals surface area contributed by atoms with Gasteiger partial charge in [-0.3, -0.25) is 4.79 Å². The largest absolute Gasteiger partial charge is 0.349 e. The predicted molar refractivity (Wildman–Crippen MR) is 69.1 cm³/mol. The molecule has 0 spiro atoms. The van der Waals surface area contributed by atoms with E-state index in [0.29, 0.717) is 11.6 Å². The molecule has 98 valence electrons. The van der Waals surface area contributed by atoms with E-state index >= 15 is 0 Å². The fourth-order valence-corrected chi connectivity index (χ4v) is 2.60. The molecule has 3 nitrogen and oxygen atoms in total. The van der Waals surface area contributed by atoms with Crippen molar-refractivity contribution in [2.45, 2.75) is 25.3 Å². The minimum absolute atomic E-state index is 0.00910. The first-order valence-electron chi connectivity index (χ1n) is 6.08. The van der Waals surface area contributed by atoms with E-state index in [1.54, 1.807) is 0 Å². The maximum Gasteiger partial charge on any atom is 0.254 e. The Kier molecular flexibility index (Phi) is 4.19. The first kappa shape index (κ1) is 13.3. The number of rotatable bonds is 3. The molecule has 2 atom stereocenters. The molecule has 5 heteroatoms. The third kappa shape index (κ3) is 2.82. The van der Waals surface area contributed by atoms with Gasteiger partial charge in [0.05, 0.1) is 5.56 Å². The molecule has 0 aliphatic heterocycles. The van der Waals surface area contributed by atoms with E-state index in [1.165, 1.54) is 18.2 Å². The van der Waals surface area contributed by atoms with E-state index < -0.39 is 11.7 Å². The molecule has 1 aromatic rings. The van der Waals surface area contributed by atoms with Crippen LogP contribution in [-0.4, -0.2) is 18.5 Å². The van der Waals surface area contributed by atoms with Crippen LogP contribution in [0.4, 0.5) is 4.39 Å². The fraction of sp³-hybridized carbons (Fsp3) is 0.462. The lowest BCUT2D eigenvalue weighted by molar-refractivity contribution is 0.0924. The summed E-state index contributed by atoms with van der Waals surface area (Å²) >= 11 is 5.77. The molecule has 1 aliphatic carbocycles. The molecule has 0 radical (unpaired) electrons. The molecule has 1 aromatic carbocycles. The average Bonchev–Trinajstić information content (AvgIpc) is 2.79. The molecule has 1 fully saturated rings. The summed E-state index contributed by atoms with van der Waals surface area (Å²) in [7, 11) is 0. The van der Waals surface area contributed by atoms with Crippen LogP contribution >= 0.6 is 11.6 Å². The molecule has 3 N–H and O–H groups in total. The van der Waals surface area contributed by atoms with Crippen molar-refractivity contribution in [2.24, 2.45) is 11.7 Å². The van der Waals surface area contributed by atoms with Crippen LogP contribution < -0.4 is 11.1 Å². The lowest BCUT2D eigenvalue weighted by Crippen LogP contribution is -2.40. The van der Waals surface area contributed by atoms with Crippen LogP contribution in [-0.2, 0) is 0 Å².